The predicted octanol–water partition coefficient (Wildman–Crippen LogP) is 3.44. The number of rotatable bonds is 7. The van der Waals surface area contributed by atoms with Crippen LogP contribution in [-0.2, 0) is 13.0 Å². The number of carbonyl (C=O) groups is 3. The van der Waals surface area contributed by atoms with Crippen molar-refractivity contribution in [2.75, 3.05) is 6.54 Å². The minimum atomic E-state index is -0.417. The van der Waals surface area contributed by atoms with E-state index in [0.29, 0.717) is 23.4 Å². The van der Waals surface area contributed by atoms with Crippen LogP contribution in [0.3, 0.4) is 0 Å². The van der Waals surface area contributed by atoms with Crippen LogP contribution in [0.25, 0.3) is 0 Å². The summed E-state index contributed by atoms with van der Waals surface area (Å²) >= 11 is 0. The molecule has 0 spiro atoms. The van der Waals surface area contributed by atoms with E-state index in [2.05, 4.69) is 17.4 Å². The average molecular weight is 388 g/mol. The van der Waals surface area contributed by atoms with E-state index in [4.69, 9.17) is 4.42 Å². The highest BCUT2D eigenvalue weighted by atomic mass is 16.3. The van der Waals surface area contributed by atoms with Crippen LogP contribution < -0.4 is 5.32 Å². The van der Waals surface area contributed by atoms with Crippen molar-refractivity contribution in [3.8, 4) is 0 Å². The quantitative estimate of drug-likeness (QED) is 0.497. The summed E-state index contributed by atoms with van der Waals surface area (Å²) in [6.45, 7) is 0.600. The number of nitrogens with zero attached hydrogens (tertiary/aromatic N) is 1. The fourth-order valence-corrected chi connectivity index (χ4v) is 3.38. The molecule has 0 saturated heterocycles. The van der Waals surface area contributed by atoms with Gasteiger partial charge in [-0.1, -0.05) is 30.3 Å². The van der Waals surface area contributed by atoms with Gasteiger partial charge in [-0.25, -0.2) is 0 Å². The van der Waals surface area contributed by atoms with Gasteiger partial charge >= 0.3 is 0 Å². The van der Waals surface area contributed by atoms with Gasteiger partial charge in [-0.3, -0.25) is 19.3 Å². The Bertz CT molecular complexity index is 1040. The van der Waals surface area contributed by atoms with E-state index in [1.165, 1.54) is 24.0 Å². The number of hydrogen-bond donors (Lipinski definition) is 1. The van der Waals surface area contributed by atoms with Crippen molar-refractivity contribution in [2.24, 2.45) is 0 Å². The summed E-state index contributed by atoms with van der Waals surface area (Å²) in [5.41, 5.74) is 2.14. The highest BCUT2D eigenvalue weighted by Gasteiger charge is 2.36. The minimum absolute atomic E-state index is 0.0698. The molecule has 2 heterocycles. The molecule has 0 radical (unpaired) electrons. The summed E-state index contributed by atoms with van der Waals surface area (Å²) in [4.78, 5) is 38.8. The number of hydrogen-bond acceptors (Lipinski definition) is 4. The molecule has 6 nitrogen and oxygen atoms in total. The first-order valence-electron chi connectivity index (χ1n) is 9.48. The Morgan fingerprint density at radius 1 is 0.931 bits per heavy atom. The van der Waals surface area contributed by atoms with Crippen LogP contribution in [0.2, 0.25) is 0 Å². The molecule has 4 rings (SSSR count). The first-order valence-corrected chi connectivity index (χ1v) is 9.48. The van der Waals surface area contributed by atoms with Gasteiger partial charge in [-0.2, -0.15) is 0 Å². The molecule has 6 heteroatoms. The molecule has 1 aliphatic heterocycles. The zero-order valence-corrected chi connectivity index (χ0v) is 15.8. The number of furan rings is 1. The minimum Gasteiger partial charge on any atom is -0.467 e. The van der Waals surface area contributed by atoms with Crippen molar-refractivity contribution < 1.29 is 18.8 Å². The number of aryl methyl sites for hydroxylation is 1. The Balaban J connectivity index is 1.38. The number of imide groups is 1. The molecule has 0 bridgehead atoms. The Labute approximate surface area is 168 Å². The van der Waals surface area contributed by atoms with Gasteiger partial charge in [0.2, 0.25) is 0 Å². The smallest absolute Gasteiger partial charge is 0.261 e. The summed E-state index contributed by atoms with van der Waals surface area (Å²) in [6.07, 6.45) is 3.18. The van der Waals surface area contributed by atoms with E-state index in [1.54, 1.807) is 18.2 Å². The number of benzene rings is 2. The van der Waals surface area contributed by atoms with Gasteiger partial charge in [0.25, 0.3) is 17.7 Å². The van der Waals surface area contributed by atoms with Crippen LogP contribution >= 0.6 is 0 Å². The maximum absolute atomic E-state index is 12.7. The Morgan fingerprint density at radius 2 is 1.72 bits per heavy atom. The van der Waals surface area contributed by atoms with Crippen LogP contribution in [0, 0.1) is 0 Å². The molecular formula is C23H20N2O4. The van der Waals surface area contributed by atoms with E-state index in [9.17, 15) is 14.4 Å². The van der Waals surface area contributed by atoms with Gasteiger partial charge in [-0.15, -0.1) is 0 Å². The summed E-state index contributed by atoms with van der Waals surface area (Å²) < 4.78 is 5.23. The lowest BCUT2D eigenvalue weighted by molar-refractivity contribution is 0.0631. The molecule has 1 aliphatic rings. The first kappa shape index (κ1) is 18.7. The molecule has 3 amide bonds. The monoisotopic (exact) mass is 388 g/mol. The first-order chi connectivity index (χ1) is 14.1. The largest absolute Gasteiger partial charge is 0.467 e. The van der Waals surface area contributed by atoms with Crippen molar-refractivity contribution in [3.05, 3.63) is 94.9 Å². The highest BCUT2D eigenvalue weighted by molar-refractivity contribution is 6.22. The lowest BCUT2D eigenvalue weighted by Gasteiger charge is -2.11. The van der Waals surface area contributed by atoms with Crippen LogP contribution in [0.15, 0.2) is 71.3 Å². The van der Waals surface area contributed by atoms with Crippen molar-refractivity contribution in [3.63, 3.8) is 0 Å². The molecule has 3 aromatic rings. The topological polar surface area (TPSA) is 79.6 Å². The van der Waals surface area contributed by atoms with E-state index < -0.39 is 5.91 Å². The molecule has 0 aliphatic carbocycles. The SMILES string of the molecule is O=C(NCCCc1ccccc1)c1ccc2c(c1)C(=O)N(Cc1ccco1)C2=O. The summed E-state index contributed by atoms with van der Waals surface area (Å²) in [7, 11) is 0. The van der Waals surface area contributed by atoms with Gasteiger partial charge in [-0.05, 0) is 48.7 Å². The van der Waals surface area contributed by atoms with Gasteiger partial charge < -0.3 is 9.73 Å². The van der Waals surface area contributed by atoms with E-state index in [1.807, 2.05) is 18.2 Å². The second kappa shape index (κ2) is 8.14. The molecule has 1 aromatic heterocycles. The van der Waals surface area contributed by atoms with Crippen molar-refractivity contribution in [1.29, 1.82) is 0 Å². The molecular weight excluding hydrogens is 368 g/mol. The third-order valence-electron chi connectivity index (χ3n) is 4.90. The second-order valence-electron chi connectivity index (χ2n) is 6.88. The Kier molecular flexibility index (Phi) is 5.24. The molecule has 0 atom stereocenters. The van der Waals surface area contributed by atoms with Gasteiger partial charge in [0, 0.05) is 12.1 Å². The van der Waals surface area contributed by atoms with Gasteiger partial charge in [0.05, 0.1) is 23.9 Å². The fourth-order valence-electron chi connectivity index (χ4n) is 3.38. The van der Waals surface area contributed by atoms with E-state index in [-0.39, 0.29) is 23.9 Å². The van der Waals surface area contributed by atoms with Crippen LogP contribution in [0.4, 0.5) is 0 Å². The molecule has 146 valence electrons. The zero-order chi connectivity index (χ0) is 20.2. The molecule has 29 heavy (non-hydrogen) atoms. The Hall–Kier alpha value is -3.67. The molecule has 0 unspecified atom stereocenters. The predicted molar refractivity (Wildman–Crippen MR) is 106 cm³/mol. The van der Waals surface area contributed by atoms with Crippen LogP contribution in [0.5, 0.6) is 0 Å². The standard InChI is InChI=1S/C23H20N2O4/c26-21(24-12-4-8-16-6-2-1-3-7-16)17-10-11-19-20(14-17)23(28)25(22(19)27)15-18-9-5-13-29-18/h1-3,5-7,9-11,13-14H,4,8,12,15H2,(H,24,26). The van der Waals surface area contributed by atoms with Crippen LogP contribution in [0.1, 0.15) is 48.8 Å². The number of amides is 3. The van der Waals surface area contributed by atoms with Crippen molar-refractivity contribution >= 4 is 17.7 Å². The van der Waals surface area contributed by atoms with Gasteiger partial charge in [0.15, 0.2) is 0 Å². The Morgan fingerprint density at radius 3 is 2.48 bits per heavy atom. The van der Waals surface area contributed by atoms with Crippen molar-refractivity contribution in [1.82, 2.24) is 10.2 Å². The molecule has 2 aromatic carbocycles. The lowest BCUT2D eigenvalue weighted by Crippen LogP contribution is -2.28. The number of carbonyl (C=O) groups excluding carboxylic acids is 3. The maximum atomic E-state index is 12.7. The average Bonchev–Trinajstić information content (AvgIpc) is 3.35. The molecule has 0 saturated carbocycles. The number of fused-ring (bicyclic) bond motifs is 1. The van der Waals surface area contributed by atoms with Crippen LogP contribution in [-0.4, -0.2) is 29.2 Å². The van der Waals surface area contributed by atoms with Gasteiger partial charge in [0.1, 0.15) is 5.76 Å². The lowest BCUT2D eigenvalue weighted by atomic mass is 10.1. The third kappa shape index (κ3) is 3.96. The maximum Gasteiger partial charge on any atom is 0.261 e. The van der Waals surface area contributed by atoms with Crippen molar-refractivity contribution in [2.45, 2.75) is 19.4 Å². The number of nitrogens with one attached hydrogen (secondary N) is 1. The van der Waals surface area contributed by atoms with E-state index >= 15 is 0 Å². The second-order valence-corrected chi connectivity index (χ2v) is 6.88. The van der Waals surface area contributed by atoms with E-state index in [0.717, 1.165) is 17.7 Å². The summed E-state index contributed by atoms with van der Waals surface area (Å²) in [5.74, 6) is -0.530. The fraction of sp³-hybridized carbons (Fsp3) is 0.174. The third-order valence-corrected chi connectivity index (χ3v) is 4.90. The molecule has 1 N–H and O–H groups in total. The highest BCUT2D eigenvalue weighted by Crippen LogP contribution is 2.25. The summed E-state index contributed by atoms with van der Waals surface area (Å²) in [5, 5.41) is 2.87. The zero-order valence-electron chi connectivity index (χ0n) is 15.8. The normalized spacial score (nSPS) is 12.9. The summed E-state index contributed by atoms with van der Waals surface area (Å²) in [6, 6.07) is 18.1. The molecule has 0 fully saturated rings.